The zero-order chi connectivity index (χ0) is 20.5. The summed E-state index contributed by atoms with van der Waals surface area (Å²) in [5.41, 5.74) is -0.370. The van der Waals surface area contributed by atoms with Crippen LogP contribution in [0.4, 0.5) is 0 Å². The van der Waals surface area contributed by atoms with Gasteiger partial charge in [-0.25, -0.2) is 8.42 Å². The van der Waals surface area contributed by atoms with Gasteiger partial charge in [-0.1, -0.05) is 25.5 Å². The Kier molecular flexibility index (Phi) is 6.33. The topological polar surface area (TPSA) is 104 Å². The van der Waals surface area contributed by atoms with Crippen molar-refractivity contribution in [3.8, 4) is 0 Å². The summed E-state index contributed by atoms with van der Waals surface area (Å²) in [4.78, 5) is 12.3. The SMILES string of the molecule is CC(=O)[C@@]1(O)CC[C@H]2[C@@H]3CC=C4C[C@@H](OS(=O)(=O)[O-])CC[C@]4(C)[C@H]3CC[C@@]21C.[Na+]. The maximum absolute atomic E-state index is 12.3. The molecule has 4 aliphatic rings. The molecule has 4 rings (SSSR count). The van der Waals surface area contributed by atoms with E-state index in [1.807, 2.05) is 0 Å². The van der Waals surface area contributed by atoms with Crippen molar-refractivity contribution in [1.82, 2.24) is 0 Å². The van der Waals surface area contributed by atoms with Gasteiger partial charge in [0.2, 0.25) is 10.4 Å². The second-order valence-corrected chi connectivity index (χ2v) is 11.0. The molecule has 158 valence electrons. The van der Waals surface area contributed by atoms with Crippen molar-refractivity contribution in [2.75, 3.05) is 0 Å². The smallest absolute Gasteiger partial charge is 0.726 e. The maximum Gasteiger partial charge on any atom is 1.00 e. The average molecular weight is 435 g/mol. The molecule has 0 aromatic rings. The largest absolute Gasteiger partial charge is 1.00 e. The summed E-state index contributed by atoms with van der Waals surface area (Å²) >= 11 is 0. The number of rotatable bonds is 3. The van der Waals surface area contributed by atoms with Crippen LogP contribution < -0.4 is 29.6 Å². The molecule has 4 aliphatic carbocycles. The molecule has 0 aromatic heterocycles. The van der Waals surface area contributed by atoms with Crippen LogP contribution in [0.1, 0.15) is 72.1 Å². The number of aliphatic hydroxyl groups is 1. The Hall–Kier alpha value is 0.240. The molecule has 3 fully saturated rings. The quantitative estimate of drug-likeness (QED) is 0.293. The minimum Gasteiger partial charge on any atom is -0.726 e. The Morgan fingerprint density at radius 2 is 1.83 bits per heavy atom. The first-order chi connectivity index (χ1) is 12.9. The number of hydrogen-bond acceptors (Lipinski definition) is 6. The van der Waals surface area contributed by atoms with Gasteiger partial charge in [-0.3, -0.25) is 8.98 Å². The van der Waals surface area contributed by atoms with Gasteiger partial charge in [0.1, 0.15) is 5.60 Å². The van der Waals surface area contributed by atoms with Crippen molar-refractivity contribution >= 4 is 16.2 Å². The molecule has 3 saturated carbocycles. The van der Waals surface area contributed by atoms with Gasteiger partial charge in [-0.05, 0) is 81.5 Å². The number of carbonyl (C=O) groups excluding carboxylic acids is 1. The summed E-state index contributed by atoms with van der Waals surface area (Å²) in [5.74, 6) is 1.11. The third-order valence-corrected chi connectivity index (χ3v) is 9.55. The summed E-state index contributed by atoms with van der Waals surface area (Å²) in [6.45, 7) is 5.89. The van der Waals surface area contributed by atoms with Crippen molar-refractivity contribution in [1.29, 1.82) is 0 Å². The van der Waals surface area contributed by atoms with E-state index >= 15 is 0 Å². The molecule has 1 N–H and O–H groups in total. The van der Waals surface area contributed by atoms with E-state index in [-0.39, 0.29) is 46.2 Å². The van der Waals surface area contributed by atoms with Crippen LogP contribution in [0.25, 0.3) is 0 Å². The zero-order valence-electron chi connectivity index (χ0n) is 17.9. The molecule has 0 aliphatic heterocycles. The van der Waals surface area contributed by atoms with Crippen LogP contribution in [-0.2, 0) is 19.4 Å². The van der Waals surface area contributed by atoms with Crippen molar-refractivity contribution in [2.24, 2.45) is 28.6 Å². The van der Waals surface area contributed by atoms with E-state index in [1.54, 1.807) is 0 Å². The van der Waals surface area contributed by atoms with Crippen molar-refractivity contribution in [3.63, 3.8) is 0 Å². The number of Topliss-reactive ketones (excluding diaryl/α,β-unsaturated/α-hetero) is 1. The molecule has 8 heteroatoms. The van der Waals surface area contributed by atoms with Crippen LogP contribution in [0.3, 0.4) is 0 Å². The predicted octanol–water partition coefficient (Wildman–Crippen LogP) is 0.119. The van der Waals surface area contributed by atoms with E-state index in [1.165, 1.54) is 12.5 Å². The molecular weight excluding hydrogens is 403 g/mol. The number of allylic oxidation sites excluding steroid dienone is 1. The fourth-order valence-electron chi connectivity index (χ4n) is 7.47. The first kappa shape index (κ1) is 23.9. The van der Waals surface area contributed by atoms with Gasteiger partial charge >= 0.3 is 29.6 Å². The Morgan fingerprint density at radius 1 is 1.17 bits per heavy atom. The van der Waals surface area contributed by atoms with Gasteiger partial charge in [0, 0.05) is 5.41 Å². The fraction of sp³-hybridized carbons (Fsp3) is 0.857. The van der Waals surface area contributed by atoms with Crippen LogP contribution in [0.2, 0.25) is 0 Å². The van der Waals surface area contributed by atoms with Crippen molar-refractivity contribution in [2.45, 2.75) is 83.8 Å². The molecule has 6 nitrogen and oxygen atoms in total. The molecule has 0 heterocycles. The van der Waals surface area contributed by atoms with E-state index in [0.717, 1.165) is 32.1 Å². The van der Waals surface area contributed by atoms with Crippen LogP contribution in [-0.4, -0.2) is 35.6 Å². The summed E-state index contributed by atoms with van der Waals surface area (Å²) in [6.07, 6.45) is 7.68. The summed E-state index contributed by atoms with van der Waals surface area (Å²) < 4.78 is 37.7. The normalized spacial score (nSPS) is 46.6. The van der Waals surface area contributed by atoms with Crippen molar-refractivity contribution in [3.05, 3.63) is 11.6 Å². The molecule has 7 atom stereocenters. The van der Waals surface area contributed by atoms with E-state index in [2.05, 4.69) is 19.9 Å². The van der Waals surface area contributed by atoms with Gasteiger partial charge in [0.25, 0.3) is 0 Å². The van der Waals surface area contributed by atoms with Crippen molar-refractivity contribution < 1.29 is 56.6 Å². The molecule has 0 unspecified atom stereocenters. The number of fused-ring (bicyclic) bond motifs is 5. The second-order valence-electron chi connectivity index (χ2n) is 10.0. The van der Waals surface area contributed by atoms with E-state index in [4.69, 9.17) is 4.18 Å². The van der Waals surface area contributed by atoms with Gasteiger partial charge in [0.05, 0.1) is 6.10 Å². The minimum atomic E-state index is -4.68. The van der Waals surface area contributed by atoms with Gasteiger partial charge in [0.15, 0.2) is 5.78 Å². The third kappa shape index (κ3) is 3.62. The third-order valence-electron chi connectivity index (χ3n) is 9.05. The summed E-state index contributed by atoms with van der Waals surface area (Å²) in [7, 11) is -4.68. The van der Waals surface area contributed by atoms with Gasteiger partial charge in [-0.2, -0.15) is 0 Å². The van der Waals surface area contributed by atoms with E-state index < -0.39 is 22.1 Å². The first-order valence-electron chi connectivity index (χ1n) is 10.5. The minimum absolute atomic E-state index is 0. The maximum atomic E-state index is 12.3. The Morgan fingerprint density at radius 3 is 2.45 bits per heavy atom. The monoisotopic (exact) mass is 434 g/mol. The van der Waals surface area contributed by atoms with E-state index in [0.29, 0.717) is 37.0 Å². The van der Waals surface area contributed by atoms with Gasteiger partial charge in [-0.15, -0.1) is 0 Å². The summed E-state index contributed by atoms with van der Waals surface area (Å²) in [6, 6.07) is 0. The molecule has 0 bridgehead atoms. The Bertz CT molecular complexity index is 825. The molecule has 0 aromatic carbocycles. The standard InChI is InChI=1S/C21H32O6S.Na/c1-13(22)21(23)11-8-18-16-5-4-14-12-15(27-28(24,25)26)6-9-19(14,2)17(16)7-10-20(18,21)3;/h4,15-18,23H,5-12H2,1-3H3,(H,24,25,26);/q;+1/p-1/t15-,16+,17-,18-,19-,20-,21-;/m0./s1. The molecule has 0 amide bonds. The molecule has 29 heavy (non-hydrogen) atoms. The average Bonchev–Trinajstić information content (AvgIpc) is 2.87. The molecule has 0 radical (unpaired) electrons. The van der Waals surface area contributed by atoms with Gasteiger partial charge < -0.3 is 9.66 Å². The van der Waals surface area contributed by atoms with Crippen LogP contribution in [0.15, 0.2) is 11.6 Å². The Balaban J connectivity index is 0.00000240. The summed E-state index contributed by atoms with van der Waals surface area (Å²) in [5, 5.41) is 11.2. The molecule has 0 spiro atoms. The number of carbonyl (C=O) groups is 1. The van der Waals surface area contributed by atoms with E-state index in [9.17, 15) is 22.9 Å². The Labute approximate surface area is 196 Å². The fourth-order valence-corrected chi connectivity index (χ4v) is 7.97. The zero-order valence-corrected chi connectivity index (χ0v) is 20.8. The second kappa shape index (κ2) is 7.68. The number of hydrogen-bond donors (Lipinski definition) is 1. The molecule has 0 saturated heterocycles. The van der Waals surface area contributed by atoms with Crippen LogP contribution in [0.5, 0.6) is 0 Å². The van der Waals surface area contributed by atoms with Crippen LogP contribution >= 0.6 is 0 Å². The number of ketones is 1. The van der Waals surface area contributed by atoms with Crippen LogP contribution in [0, 0.1) is 28.6 Å². The molecular formula is C21H31NaO6S. The first-order valence-corrected chi connectivity index (χ1v) is 11.8. The predicted molar refractivity (Wildman–Crippen MR) is 102 cm³/mol.